The number of ketones is 2. The largest absolute Gasteiger partial charge is 0.299 e. The molecule has 4 aliphatic rings. The summed E-state index contributed by atoms with van der Waals surface area (Å²) in [5.41, 5.74) is -1.02. The van der Waals surface area contributed by atoms with E-state index in [1.165, 1.54) is 0 Å². The highest BCUT2D eigenvalue weighted by Crippen LogP contribution is 2.60. The number of Topliss-reactive ketones (excluding diaryl/α,β-unsaturated/α-hetero) is 2. The van der Waals surface area contributed by atoms with Crippen molar-refractivity contribution in [2.24, 2.45) is 33.5 Å². The first-order chi connectivity index (χ1) is 12.1. The first-order valence-corrected chi connectivity index (χ1v) is 9.30. The van der Waals surface area contributed by atoms with Crippen LogP contribution in [0.3, 0.4) is 0 Å². The van der Waals surface area contributed by atoms with Crippen LogP contribution in [-0.4, -0.2) is 11.6 Å². The molecule has 2 fully saturated rings. The fraction of sp³-hybridized carbons (Fsp3) is 0.636. The fourth-order valence-corrected chi connectivity index (χ4v) is 5.33. The highest BCUT2D eigenvalue weighted by atomic mass is 16.1. The maximum atomic E-state index is 11.8. The normalized spacial score (nSPS) is 47.8. The molecule has 2 saturated carbocycles. The minimum absolute atomic E-state index is 0.0972. The van der Waals surface area contributed by atoms with Gasteiger partial charge in [0.15, 0.2) is 0 Å². The molecule has 0 N–H and O–H groups in total. The van der Waals surface area contributed by atoms with Gasteiger partial charge in [-0.3, -0.25) is 9.59 Å². The van der Waals surface area contributed by atoms with Crippen LogP contribution in [0.2, 0.25) is 0 Å². The van der Waals surface area contributed by atoms with Gasteiger partial charge in [0.2, 0.25) is 0 Å². The molecule has 0 saturated heterocycles. The average Bonchev–Trinajstić information content (AvgIpc) is 3.20. The maximum Gasteiger partial charge on any atom is 0.144 e. The number of carbonyl (C=O) groups is 2. The average molecular weight is 350 g/mol. The third-order valence-corrected chi connectivity index (χ3v) is 8.14. The smallest absolute Gasteiger partial charge is 0.144 e. The number of hydrogen-bond acceptors (Lipinski definition) is 4. The molecule has 0 amide bonds. The van der Waals surface area contributed by atoms with Crippen LogP contribution in [-0.2, 0) is 9.59 Å². The highest BCUT2D eigenvalue weighted by Gasteiger charge is 2.61. The summed E-state index contributed by atoms with van der Waals surface area (Å²) in [6, 6.07) is 4.53. The predicted octanol–water partition coefficient (Wildman–Crippen LogP) is 4.14. The van der Waals surface area contributed by atoms with Gasteiger partial charge in [0.25, 0.3) is 0 Å². The minimum Gasteiger partial charge on any atom is -0.299 e. The van der Waals surface area contributed by atoms with Crippen LogP contribution < -0.4 is 0 Å². The molecule has 136 valence electrons. The Balaban J connectivity index is 0.000000151. The van der Waals surface area contributed by atoms with Gasteiger partial charge in [-0.05, 0) is 19.8 Å². The van der Waals surface area contributed by atoms with Gasteiger partial charge in [-0.2, -0.15) is 10.5 Å². The molecule has 0 aliphatic heterocycles. The van der Waals surface area contributed by atoms with Crippen molar-refractivity contribution in [3.8, 4) is 12.1 Å². The summed E-state index contributed by atoms with van der Waals surface area (Å²) >= 11 is 0. The van der Waals surface area contributed by atoms with E-state index in [-0.39, 0.29) is 45.1 Å². The van der Waals surface area contributed by atoms with Crippen molar-refractivity contribution in [2.45, 2.75) is 53.4 Å². The van der Waals surface area contributed by atoms with Crippen LogP contribution >= 0.6 is 0 Å². The van der Waals surface area contributed by atoms with Crippen LogP contribution in [0.5, 0.6) is 0 Å². The molecule has 4 nitrogen and oxygen atoms in total. The molecular formula is C22H26N2O2. The van der Waals surface area contributed by atoms with E-state index in [9.17, 15) is 9.59 Å². The van der Waals surface area contributed by atoms with Crippen LogP contribution in [0.4, 0.5) is 0 Å². The third kappa shape index (κ3) is 2.05. The van der Waals surface area contributed by atoms with Crippen molar-refractivity contribution in [2.75, 3.05) is 0 Å². The molecule has 6 atom stereocenters. The lowest BCUT2D eigenvalue weighted by molar-refractivity contribution is -0.127. The van der Waals surface area contributed by atoms with Crippen molar-refractivity contribution >= 4 is 11.6 Å². The highest BCUT2D eigenvalue weighted by molar-refractivity contribution is 5.91. The summed E-state index contributed by atoms with van der Waals surface area (Å²) in [6.45, 7) is 8.06. The second-order valence-electron chi connectivity index (χ2n) is 9.07. The van der Waals surface area contributed by atoms with E-state index in [1.54, 1.807) is 0 Å². The molecule has 0 aromatic rings. The molecule has 0 aromatic carbocycles. The Hall–Kier alpha value is -2.20. The van der Waals surface area contributed by atoms with Crippen LogP contribution in [0.25, 0.3) is 0 Å². The number of hydrogen-bond donors (Lipinski definition) is 0. The third-order valence-electron chi connectivity index (χ3n) is 8.14. The van der Waals surface area contributed by atoms with E-state index in [0.29, 0.717) is 12.8 Å². The Morgan fingerprint density at radius 2 is 1.46 bits per heavy atom. The SMILES string of the molecule is C[C@@]12C=CC[C@]1(C)C(=O)C[C@H]2C#N.C[C@@]12CC=C[C@]1(C)C(=O)C[C@H]2C#N. The van der Waals surface area contributed by atoms with E-state index >= 15 is 0 Å². The molecule has 4 heteroatoms. The monoisotopic (exact) mass is 350 g/mol. The van der Waals surface area contributed by atoms with Gasteiger partial charge >= 0.3 is 0 Å². The van der Waals surface area contributed by atoms with E-state index < -0.39 is 0 Å². The second kappa shape index (κ2) is 5.65. The molecular weight excluding hydrogens is 324 g/mol. The summed E-state index contributed by atoms with van der Waals surface area (Å²) in [5, 5.41) is 18.0. The van der Waals surface area contributed by atoms with Gasteiger partial charge in [-0.15, -0.1) is 0 Å². The fourth-order valence-electron chi connectivity index (χ4n) is 5.33. The molecule has 0 radical (unpaired) electrons. The van der Waals surface area contributed by atoms with Gasteiger partial charge in [0.1, 0.15) is 11.6 Å². The van der Waals surface area contributed by atoms with E-state index in [2.05, 4.69) is 25.1 Å². The van der Waals surface area contributed by atoms with Crippen molar-refractivity contribution < 1.29 is 9.59 Å². The standard InChI is InChI=1S/2C11H13NO/c2*1-10-4-3-5-11(10,2)9(13)6-8(10)7-12/h3,5,8H,4,6H2,1-2H3;3-4,8H,5-6H2,1-2H3/t2*8-,10-,11+/m00/s1. The van der Waals surface area contributed by atoms with E-state index in [0.717, 1.165) is 12.8 Å². The Bertz CT molecular complexity index is 813. The molecule has 4 aliphatic carbocycles. The number of nitrogens with zero attached hydrogens (tertiary/aromatic N) is 2. The number of nitriles is 2. The number of fused-ring (bicyclic) bond motifs is 2. The van der Waals surface area contributed by atoms with Gasteiger partial charge in [0.05, 0.1) is 29.4 Å². The van der Waals surface area contributed by atoms with Crippen LogP contribution in [0, 0.1) is 56.2 Å². The zero-order valence-electron chi connectivity index (χ0n) is 16.0. The Labute approximate surface area is 155 Å². The van der Waals surface area contributed by atoms with E-state index in [1.807, 2.05) is 39.0 Å². The van der Waals surface area contributed by atoms with Crippen molar-refractivity contribution in [1.29, 1.82) is 10.5 Å². The zero-order valence-corrected chi connectivity index (χ0v) is 16.0. The lowest BCUT2D eigenvalue weighted by atomic mass is 9.66. The molecule has 26 heavy (non-hydrogen) atoms. The topological polar surface area (TPSA) is 81.7 Å². The summed E-state index contributed by atoms with van der Waals surface area (Å²) in [6.07, 6.45) is 10.7. The number of rotatable bonds is 0. The molecule has 0 spiro atoms. The molecule has 0 unspecified atom stereocenters. The van der Waals surface area contributed by atoms with Gasteiger partial charge in [-0.25, -0.2) is 0 Å². The molecule has 0 heterocycles. The quantitative estimate of drug-likeness (QED) is 0.615. The van der Waals surface area contributed by atoms with Crippen molar-refractivity contribution in [1.82, 2.24) is 0 Å². The first-order valence-electron chi connectivity index (χ1n) is 9.30. The van der Waals surface area contributed by atoms with Crippen molar-refractivity contribution in [3.05, 3.63) is 24.3 Å². The summed E-state index contributed by atoms with van der Waals surface area (Å²) in [7, 11) is 0. The summed E-state index contributed by atoms with van der Waals surface area (Å²) in [4.78, 5) is 23.5. The van der Waals surface area contributed by atoms with Gasteiger partial charge in [0, 0.05) is 29.1 Å². The Kier molecular flexibility index (Phi) is 4.04. The first kappa shape index (κ1) is 18.6. The Morgan fingerprint density at radius 3 is 2.08 bits per heavy atom. The molecule has 0 aromatic heterocycles. The molecule has 4 rings (SSSR count). The van der Waals surface area contributed by atoms with Crippen molar-refractivity contribution in [3.63, 3.8) is 0 Å². The number of allylic oxidation sites excluding steroid dienone is 4. The van der Waals surface area contributed by atoms with E-state index in [4.69, 9.17) is 10.5 Å². The lowest BCUT2D eigenvalue weighted by Crippen LogP contribution is -2.34. The van der Waals surface area contributed by atoms with Crippen LogP contribution in [0.15, 0.2) is 24.3 Å². The lowest BCUT2D eigenvalue weighted by Gasteiger charge is -2.34. The van der Waals surface area contributed by atoms with Gasteiger partial charge in [-0.1, -0.05) is 45.1 Å². The Morgan fingerprint density at radius 1 is 0.885 bits per heavy atom. The minimum atomic E-state index is -0.368. The number of carbonyl (C=O) groups excluding carboxylic acids is 2. The second-order valence-corrected chi connectivity index (χ2v) is 9.07. The van der Waals surface area contributed by atoms with Gasteiger partial charge < -0.3 is 0 Å². The maximum absolute atomic E-state index is 11.8. The summed E-state index contributed by atoms with van der Waals surface area (Å²) in [5.74, 6) is 0.269. The molecule has 0 bridgehead atoms. The van der Waals surface area contributed by atoms with Crippen LogP contribution in [0.1, 0.15) is 53.4 Å². The predicted molar refractivity (Wildman–Crippen MR) is 97.4 cm³/mol. The zero-order chi connectivity index (χ0) is 19.4. The summed E-state index contributed by atoms with van der Waals surface area (Å²) < 4.78 is 0.